The van der Waals surface area contributed by atoms with E-state index in [1.54, 1.807) is 6.92 Å². The van der Waals surface area contributed by atoms with Gasteiger partial charge in [0, 0.05) is 12.1 Å². The molecule has 0 saturated carbocycles. The average molecular weight is 225 g/mol. The number of carbonyl (C=O) groups is 2. The van der Waals surface area contributed by atoms with Gasteiger partial charge < -0.3 is 9.84 Å². The Bertz CT molecular complexity index is 386. The van der Waals surface area contributed by atoms with E-state index in [9.17, 15) is 9.59 Å². The zero-order valence-corrected chi connectivity index (χ0v) is 9.53. The molecule has 0 radical (unpaired) electrons. The Labute approximate surface area is 93.4 Å². The van der Waals surface area contributed by atoms with Crippen LogP contribution in [0.1, 0.15) is 26.0 Å². The molecule has 0 aliphatic carbocycles. The normalized spacial score (nSPS) is 11.9. The summed E-state index contributed by atoms with van der Waals surface area (Å²) in [5.74, 6) is -0.608. The quantitative estimate of drug-likeness (QED) is 0.746. The highest BCUT2D eigenvalue weighted by Gasteiger charge is 2.16. The van der Waals surface area contributed by atoms with Crippen LogP contribution in [-0.2, 0) is 9.59 Å². The molecule has 1 rings (SSSR count). The first-order valence-corrected chi connectivity index (χ1v) is 5.08. The lowest BCUT2D eigenvalue weighted by Crippen LogP contribution is -2.40. The van der Waals surface area contributed by atoms with Gasteiger partial charge in [-0.25, -0.2) is 0 Å². The maximum atomic E-state index is 11.4. The van der Waals surface area contributed by atoms with Crippen molar-refractivity contribution in [2.75, 3.05) is 5.32 Å². The van der Waals surface area contributed by atoms with Gasteiger partial charge in [-0.05, 0) is 20.3 Å². The summed E-state index contributed by atoms with van der Waals surface area (Å²) in [6.07, 6.45) is 0.766. The Morgan fingerprint density at radius 3 is 2.69 bits per heavy atom. The number of aryl methyl sites for hydroxylation is 1. The maximum absolute atomic E-state index is 11.4. The molecule has 6 heteroatoms. The second-order valence-electron chi connectivity index (χ2n) is 3.56. The predicted octanol–water partition coefficient (Wildman–Crippen LogP) is 0.836. The van der Waals surface area contributed by atoms with Crippen molar-refractivity contribution in [3.63, 3.8) is 0 Å². The molecule has 1 atom stereocenters. The van der Waals surface area contributed by atoms with Gasteiger partial charge in [-0.2, -0.15) is 0 Å². The van der Waals surface area contributed by atoms with Crippen LogP contribution in [0.15, 0.2) is 10.6 Å². The fourth-order valence-corrected chi connectivity index (χ4v) is 0.990. The maximum Gasteiger partial charge on any atom is 0.314 e. The molecule has 1 heterocycles. The zero-order chi connectivity index (χ0) is 12.1. The standard InChI is InChI=1S/C10H15N3O3/c1-4-6(2)11-9(14)10(15)12-8-5-7(3)16-13-8/h5-6H,4H2,1-3H3,(H,11,14)(H,12,13,15). The molecule has 1 aromatic heterocycles. The van der Waals surface area contributed by atoms with Crippen molar-refractivity contribution in [2.45, 2.75) is 33.2 Å². The number of nitrogens with zero attached hydrogens (tertiary/aromatic N) is 1. The first-order valence-electron chi connectivity index (χ1n) is 5.08. The molecule has 1 aromatic rings. The number of anilines is 1. The van der Waals surface area contributed by atoms with E-state index in [-0.39, 0.29) is 11.9 Å². The highest BCUT2D eigenvalue weighted by atomic mass is 16.5. The van der Waals surface area contributed by atoms with Gasteiger partial charge in [-0.1, -0.05) is 12.1 Å². The molecule has 0 fully saturated rings. The van der Waals surface area contributed by atoms with Crippen LogP contribution in [-0.4, -0.2) is 23.0 Å². The van der Waals surface area contributed by atoms with E-state index in [0.29, 0.717) is 5.76 Å². The molecule has 0 aliphatic rings. The Morgan fingerprint density at radius 1 is 1.50 bits per heavy atom. The summed E-state index contributed by atoms with van der Waals surface area (Å²) in [6, 6.07) is 1.51. The van der Waals surface area contributed by atoms with Gasteiger partial charge in [0.2, 0.25) is 0 Å². The number of aromatic nitrogens is 1. The number of amides is 2. The van der Waals surface area contributed by atoms with Crippen LogP contribution < -0.4 is 10.6 Å². The summed E-state index contributed by atoms with van der Waals surface area (Å²) in [6.45, 7) is 5.44. The number of hydrogen-bond acceptors (Lipinski definition) is 4. The molecular weight excluding hydrogens is 210 g/mol. The minimum atomic E-state index is -0.742. The van der Waals surface area contributed by atoms with Crippen LogP contribution in [0.4, 0.5) is 5.82 Å². The summed E-state index contributed by atoms with van der Waals surface area (Å²) in [5.41, 5.74) is 0. The van der Waals surface area contributed by atoms with E-state index in [1.807, 2.05) is 13.8 Å². The van der Waals surface area contributed by atoms with Gasteiger partial charge in [-0.3, -0.25) is 14.9 Å². The summed E-state index contributed by atoms with van der Waals surface area (Å²) in [4.78, 5) is 22.7. The Morgan fingerprint density at radius 2 is 2.19 bits per heavy atom. The van der Waals surface area contributed by atoms with E-state index >= 15 is 0 Å². The molecule has 1 unspecified atom stereocenters. The largest absolute Gasteiger partial charge is 0.360 e. The fraction of sp³-hybridized carbons (Fsp3) is 0.500. The van der Waals surface area contributed by atoms with Crippen molar-refractivity contribution < 1.29 is 14.1 Å². The van der Waals surface area contributed by atoms with Crippen molar-refractivity contribution in [1.82, 2.24) is 10.5 Å². The van der Waals surface area contributed by atoms with Crippen LogP contribution in [0.5, 0.6) is 0 Å². The van der Waals surface area contributed by atoms with E-state index in [1.165, 1.54) is 6.07 Å². The third-order valence-corrected chi connectivity index (χ3v) is 2.07. The van der Waals surface area contributed by atoms with Crippen LogP contribution >= 0.6 is 0 Å². The lowest BCUT2D eigenvalue weighted by Gasteiger charge is -2.09. The summed E-state index contributed by atoms with van der Waals surface area (Å²) in [5, 5.41) is 8.43. The van der Waals surface area contributed by atoms with Crippen molar-refractivity contribution in [3.05, 3.63) is 11.8 Å². The van der Waals surface area contributed by atoms with Crippen LogP contribution in [0.25, 0.3) is 0 Å². The second-order valence-corrected chi connectivity index (χ2v) is 3.56. The Hall–Kier alpha value is -1.85. The molecule has 0 saturated heterocycles. The molecular formula is C10H15N3O3. The smallest absolute Gasteiger partial charge is 0.314 e. The van der Waals surface area contributed by atoms with Gasteiger partial charge >= 0.3 is 11.8 Å². The van der Waals surface area contributed by atoms with E-state index in [0.717, 1.165) is 6.42 Å². The average Bonchev–Trinajstić information content (AvgIpc) is 2.63. The minimum Gasteiger partial charge on any atom is -0.360 e. The molecule has 88 valence electrons. The van der Waals surface area contributed by atoms with Gasteiger partial charge in [0.1, 0.15) is 5.76 Å². The highest BCUT2D eigenvalue weighted by Crippen LogP contribution is 2.06. The van der Waals surface area contributed by atoms with E-state index in [2.05, 4.69) is 15.8 Å². The highest BCUT2D eigenvalue weighted by molar-refractivity contribution is 6.39. The third-order valence-electron chi connectivity index (χ3n) is 2.07. The van der Waals surface area contributed by atoms with Crippen molar-refractivity contribution in [1.29, 1.82) is 0 Å². The summed E-state index contributed by atoms with van der Waals surface area (Å²) < 4.78 is 4.75. The second kappa shape index (κ2) is 5.29. The van der Waals surface area contributed by atoms with Gasteiger partial charge in [0.05, 0.1) is 0 Å². The molecule has 2 amide bonds. The van der Waals surface area contributed by atoms with Crippen LogP contribution in [0.2, 0.25) is 0 Å². The van der Waals surface area contributed by atoms with E-state index in [4.69, 9.17) is 4.52 Å². The molecule has 0 bridgehead atoms. The molecule has 6 nitrogen and oxygen atoms in total. The number of nitrogens with one attached hydrogen (secondary N) is 2. The molecule has 0 aliphatic heterocycles. The first kappa shape index (κ1) is 12.2. The minimum absolute atomic E-state index is 0.0303. The number of carbonyl (C=O) groups excluding carboxylic acids is 2. The molecule has 2 N–H and O–H groups in total. The van der Waals surface area contributed by atoms with Crippen LogP contribution in [0.3, 0.4) is 0 Å². The molecule has 0 spiro atoms. The zero-order valence-electron chi connectivity index (χ0n) is 9.53. The number of rotatable bonds is 3. The molecule has 16 heavy (non-hydrogen) atoms. The van der Waals surface area contributed by atoms with Crippen molar-refractivity contribution >= 4 is 17.6 Å². The Kier molecular flexibility index (Phi) is 4.04. The summed E-state index contributed by atoms with van der Waals surface area (Å²) in [7, 11) is 0. The number of hydrogen-bond donors (Lipinski definition) is 2. The molecule has 0 aromatic carbocycles. The first-order chi connectivity index (χ1) is 7.52. The van der Waals surface area contributed by atoms with Gasteiger partial charge in [0.25, 0.3) is 0 Å². The SMILES string of the molecule is CCC(C)NC(=O)C(=O)Nc1cc(C)on1. The monoisotopic (exact) mass is 225 g/mol. The third kappa shape index (κ3) is 3.38. The lowest BCUT2D eigenvalue weighted by molar-refractivity contribution is -0.136. The topological polar surface area (TPSA) is 84.2 Å². The summed E-state index contributed by atoms with van der Waals surface area (Å²) >= 11 is 0. The fourth-order valence-electron chi connectivity index (χ4n) is 0.990. The van der Waals surface area contributed by atoms with Crippen molar-refractivity contribution in [2.24, 2.45) is 0 Å². The Balaban J connectivity index is 2.49. The van der Waals surface area contributed by atoms with Gasteiger partial charge in [-0.15, -0.1) is 0 Å². The van der Waals surface area contributed by atoms with Gasteiger partial charge in [0.15, 0.2) is 5.82 Å². The van der Waals surface area contributed by atoms with Crippen LogP contribution in [0, 0.1) is 6.92 Å². The predicted molar refractivity (Wildman–Crippen MR) is 57.8 cm³/mol. The lowest BCUT2D eigenvalue weighted by atomic mass is 10.2. The van der Waals surface area contributed by atoms with E-state index < -0.39 is 11.8 Å². The van der Waals surface area contributed by atoms with Crippen molar-refractivity contribution in [3.8, 4) is 0 Å².